The van der Waals surface area contributed by atoms with Crippen LogP contribution in [0.2, 0.25) is 0 Å². The van der Waals surface area contributed by atoms with E-state index in [1.165, 1.54) is 5.69 Å². The number of guanidine groups is 1. The van der Waals surface area contributed by atoms with E-state index in [0.717, 1.165) is 58.0 Å². The highest BCUT2D eigenvalue weighted by Gasteiger charge is 2.22. The Morgan fingerprint density at radius 1 is 1.04 bits per heavy atom. The average Bonchev–Trinajstić information content (AvgIpc) is 2.67. The van der Waals surface area contributed by atoms with Gasteiger partial charge in [-0.05, 0) is 30.9 Å². The van der Waals surface area contributed by atoms with Crippen LogP contribution in [0, 0.1) is 5.92 Å². The lowest BCUT2D eigenvalue weighted by Crippen LogP contribution is -2.49. The van der Waals surface area contributed by atoms with Gasteiger partial charge in [0.15, 0.2) is 5.96 Å². The van der Waals surface area contributed by atoms with Crippen molar-refractivity contribution in [1.82, 2.24) is 9.80 Å². The van der Waals surface area contributed by atoms with Gasteiger partial charge >= 0.3 is 0 Å². The number of carbonyl (C=O) groups excluding carboxylic acids is 1. The van der Waals surface area contributed by atoms with Crippen molar-refractivity contribution in [2.45, 2.75) is 19.8 Å². The number of hydrogen-bond acceptors (Lipinski definition) is 3. The maximum absolute atomic E-state index is 12.4. The number of nitrogens with two attached hydrogens (primary N) is 1. The molecule has 2 heterocycles. The molecule has 0 saturated carbocycles. The van der Waals surface area contributed by atoms with E-state index in [1.54, 1.807) is 0 Å². The van der Waals surface area contributed by atoms with E-state index in [9.17, 15) is 4.79 Å². The molecule has 0 bridgehead atoms. The SMILES string of the molecule is CC1CCN(C(N)=NCC(=O)N2CCN(c3ccccc3)CC2)CC1.I. The van der Waals surface area contributed by atoms with Gasteiger partial charge in [-0.15, -0.1) is 24.0 Å². The van der Waals surface area contributed by atoms with E-state index in [-0.39, 0.29) is 36.4 Å². The monoisotopic (exact) mass is 471 g/mol. The molecule has 2 saturated heterocycles. The van der Waals surface area contributed by atoms with Crippen LogP contribution in [0.1, 0.15) is 19.8 Å². The lowest BCUT2D eigenvalue weighted by atomic mass is 10.00. The Kier molecular flexibility index (Phi) is 7.99. The Bertz CT molecular complexity index is 593. The van der Waals surface area contributed by atoms with Gasteiger partial charge in [0.25, 0.3) is 0 Å². The molecule has 1 aromatic rings. The molecular formula is C19H30IN5O. The number of hydrogen-bond donors (Lipinski definition) is 1. The number of rotatable bonds is 3. The van der Waals surface area contributed by atoms with Crippen molar-refractivity contribution >= 4 is 41.5 Å². The summed E-state index contributed by atoms with van der Waals surface area (Å²) in [4.78, 5) is 23.1. The first-order valence-electron chi connectivity index (χ1n) is 9.26. The zero-order valence-corrected chi connectivity index (χ0v) is 17.8. The van der Waals surface area contributed by atoms with Gasteiger partial charge in [0, 0.05) is 45.0 Å². The topological polar surface area (TPSA) is 65.2 Å². The number of para-hydroxylation sites is 1. The smallest absolute Gasteiger partial charge is 0.244 e. The molecule has 2 fully saturated rings. The summed E-state index contributed by atoms with van der Waals surface area (Å²) >= 11 is 0. The van der Waals surface area contributed by atoms with Crippen LogP contribution < -0.4 is 10.6 Å². The summed E-state index contributed by atoms with van der Waals surface area (Å²) in [7, 11) is 0. The highest BCUT2D eigenvalue weighted by Crippen LogP contribution is 2.16. The molecule has 26 heavy (non-hydrogen) atoms. The highest BCUT2D eigenvalue weighted by molar-refractivity contribution is 14.0. The summed E-state index contributed by atoms with van der Waals surface area (Å²) < 4.78 is 0. The Morgan fingerprint density at radius 2 is 1.65 bits per heavy atom. The molecule has 0 unspecified atom stereocenters. The van der Waals surface area contributed by atoms with Crippen LogP contribution in [0.25, 0.3) is 0 Å². The highest BCUT2D eigenvalue weighted by atomic mass is 127. The van der Waals surface area contributed by atoms with E-state index in [0.29, 0.717) is 5.96 Å². The van der Waals surface area contributed by atoms with Gasteiger partial charge in [-0.3, -0.25) is 4.79 Å². The number of nitrogens with zero attached hydrogens (tertiary/aromatic N) is 4. The van der Waals surface area contributed by atoms with Crippen molar-refractivity contribution in [1.29, 1.82) is 0 Å². The molecule has 0 aromatic heterocycles. The minimum atomic E-state index is 0. The van der Waals surface area contributed by atoms with E-state index < -0.39 is 0 Å². The van der Waals surface area contributed by atoms with Crippen LogP contribution >= 0.6 is 24.0 Å². The summed E-state index contributed by atoms with van der Waals surface area (Å²) in [5, 5.41) is 0. The minimum Gasteiger partial charge on any atom is -0.370 e. The minimum absolute atomic E-state index is 0. The first kappa shape index (κ1) is 20.8. The van der Waals surface area contributed by atoms with Crippen LogP contribution in [-0.4, -0.2) is 67.5 Å². The molecule has 3 rings (SSSR count). The van der Waals surface area contributed by atoms with Gasteiger partial charge in [0.2, 0.25) is 5.91 Å². The third-order valence-corrected chi connectivity index (χ3v) is 5.24. The van der Waals surface area contributed by atoms with Gasteiger partial charge in [0.1, 0.15) is 6.54 Å². The maximum atomic E-state index is 12.4. The van der Waals surface area contributed by atoms with Crippen LogP contribution in [0.15, 0.2) is 35.3 Å². The molecule has 2 aliphatic rings. The predicted octanol–water partition coefficient (Wildman–Crippen LogP) is 2.00. The maximum Gasteiger partial charge on any atom is 0.244 e. The summed E-state index contributed by atoms with van der Waals surface area (Å²) in [5.41, 5.74) is 7.29. The molecule has 7 heteroatoms. The van der Waals surface area contributed by atoms with Crippen molar-refractivity contribution in [3.63, 3.8) is 0 Å². The molecule has 1 amide bonds. The molecule has 1 aromatic carbocycles. The summed E-state index contributed by atoms with van der Waals surface area (Å²) in [6, 6.07) is 10.3. The zero-order chi connectivity index (χ0) is 17.6. The van der Waals surface area contributed by atoms with E-state index in [2.05, 4.69) is 33.8 Å². The first-order valence-corrected chi connectivity index (χ1v) is 9.26. The van der Waals surface area contributed by atoms with Gasteiger partial charge in [-0.1, -0.05) is 25.1 Å². The summed E-state index contributed by atoms with van der Waals surface area (Å²) in [5.74, 6) is 1.34. The standard InChI is InChI=1S/C19H29N5O.HI/c1-16-7-9-24(10-8-16)19(20)21-15-18(25)23-13-11-22(12-14-23)17-5-3-2-4-6-17;/h2-6,16H,7-15H2,1H3,(H2,20,21);1H. The van der Waals surface area contributed by atoms with Crippen molar-refractivity contribution in [3.8, 4) is 0 Å². The van der Waals surface area contributed by atoms with Crippen molar-refractivity contribution in [2.75, 3.05) is 50.7 Å². The van der Waals surface area contributed by atoms with Crippen LogP contribution in [0.5, 0.6) is 0 Å². The van der Waals surface area contributed by atoms with Crippen molar-refractivity contribution in [2.24, 2.45) is 16.6 Å². The third-order valence-electron chi connectivity index (χ3n) is 5.24. The lowest BCUT2D eigenvalue weighted by molar-refractivity contribution is -0.129. The fourth-order valence-electron chi connectivity index (χ4n) is 3.44. The Morgan fingerprint density at radius 3 is 2.27 bits per heavy atom. The summed E-state index contributed by atoms with van der Waals surface area (Å²) in [6.45, 7) is 7.51. The molecule has 0 atom stereocenters. The van der Waals surface area contributed by atoms with Crippen LogP contribution in [-0.2, 0) is 4.79 Å². The number of carbonyl (C=O) groups is 1. The molecule has 0 spiro atoms. The predicted molar refractivity (Wildman–Crippen MR) is 117 cm³/mol. The number of likely N-dealkylation sites (tertiary alicyclic amines) is 1. The quantitative estimate of drug-likeness (QED) is 0.416. The van der Waals surface area contributed by atoms with E-state index in [1.807, 2.05) is 23.1 Å². The zero-order valence-electron chi connectivity index (χ0n) is 15.5. The molecule has 2 aliphatic heterocycles. The molecule has 144 valence electrons. The van der Waals surface area contributed by atoms with Gasteiger partial charge in [0.05, 0.1) is 0 Å². The second kappa shape index (κ2) is 9.99. The van der Waals surface area contributed by atoms with E-state index >= 15 is 0 Å². The Hall–Kier alpha value is -1.51. The molecule has 6 nitrogen and oxygen atoms in total. The van der Waals surface area contributed by atoms with Gasteiger partial charge in [-0.2, -0.15) is 0 Å². The average molecular weight is 471 g/mol. The Balaban J connectivity index is 0.00000243. The van der Waals surface area contributed by atoms with E-state index in [4.69, 9.17) is 5.73 Å². The normalized spacial score (nSPS) is 19.3. The fourth-order valence-corrected chi connectivity index (χ4v) is 3.44. The van der Waals surface area contributed by atoms with Crippen molar-refractivity contribution in [3.05, 3.63) is 30.3 Å². The largest absolute Gasteiger partial charge is 0.370 e. The van der Waals surface area contributed by atoms with Crippen LogP contribution in [0.3, 0.4) is 0 Å². The molecular weight excluding hydrogens is 441 g/mol. The first-order chi connectivity index (χ1) is 12.1. The number of aliphatic imine (C=N–C) groups is 1. The van der Waals surface area contributed by atoms with Crippen LogP contribution in [0.4, 0.5) is 5.69 Å². The van der Waals surface area contributed by atoms with Gasteiger partial charge in [-0.25, -0.2) is 4.99 Å². The number of piperidine rings is 1. The Labute approximate surface area is 173 Å². The fraction of sp³-hybridized carbons (Fsp3) is 0.579. The molecule has 2 N–H and O–H groups in total. The number of amides is 1. The van der Waals surface area contributed by atoms with Crippen molar-refractivity contribution < 1.29 is 4.79 Å². The molecule has 0 radical (unpaired) electrons. The second-order valence-electron chi connectivity index (χ2n) is 7.05. The summed E-state index contributed by atoms with van der Waals surface area (Å²) in [6.07, 6.45) is 2.29. The number of benzene rings is 1. The third kappa shape index (κ3) is 5.49. The molecule has 0 aliphatic carbocycles. The number of anilines is 1. The lowest BCUT2D eigenvalue weighted by Gasteiger charge is -2.36. The van der Waals surface area contributed by atoms with Gasteiger partial charge < -0.3 is 20.4 Å². The number of piperazine rings is 1. The number of halogens is 1. The second-order valence-corrected chi connectivity index (χ2v) is 7.05.